The van der Waals surface area contributed by atoms with Gasteiger partial charge in [-0.05, 0) is 29.6 Å². The number of hydrogen-bond acceptors (Lipinski definition) is 5. The molecular formula is C18H16F2N2O4S. The molecule has 1 aliphatic heterocycles. The highest BCUT2D eigenvalue weighted by Gasteiger charge is 2.26. The van der Waals surface area contributed by atoms with Gasteiger partial charge in [0.25, 0.3) is 11.8 Å². The number of benzene rings is 1. The van der Waals surface area contributed by atoms with Gasteiger partial charge in [0, 0.05) is 26.2 Å². The van der Waals surface area contributed by atoms with E-state index >= 15 is 0 Å². The van der Waals surface area contributed by atoms with Gasteiger partial charge in [-0.15, -0.1) is 11.3 Å². The van der Waals surface area contributed by atoms with E-state index in [1.54, 1.807) is 17.0 Å². The van der Waals surface area contributed by atoms with Crippen molar-refractivity contribution in [3.05, 3.63) is 57.8 Å². The van der Waals surface area contributed by atoms with Crippen molar-refractivity contribution >= 4 is 29.1 Å². The zero-order valence-corrected chi connectivity index (χ0v) is 15.0. The summed E-state index contributed by atoms with van der Waals surface area (Å²) in [6.07, 6.45) is 0. The zero-order chi connectivity index (χ0) is 19.4. The van der Waals surface area contributed by atoms with Gasteiger partial charge in [-0.3, -0.25) is 9.59 Å². The lowest BCUT2D eigenvalue weighted by Crippen LogP contribution is -2.51. The average molecular weight is 394 g/mol. The highest BCUT2D eigenvalue weighted by molar-refractivity contribution is 7.12. The smallest absolute Gasteiger partial charge is 0.338 e. The lowest BCUT2D eigenvalue weighted by atomic mass is 10.2. The minimum atomic E-state index is -1.16. The van der Waals surface area contributed by atoms with Crippen molar-refractivity contribution in [2.45, 2.75) is 0 Å². The van der Waals surface area contributed by atoms with E-state index in [9.17, 15) is 23.2 Å². The second-order valence-electron chi connectivity index (χ2n) is 5.86. The van der Waals surface area contributed by atoms with Crippen LogP contribution < -0.4 is 0 Å². The van der Waals surface area contributed by atoms with Crippen molar-refractivity contribution in [3.63, 3.8) is 0 Å². The highest BCUT2D eigenvalue weighted by Crippen LogP contribution is 2.14. The number of hydrogen-bond donors (Lipinski definition) is 0. The van der Waals surface area contributed by atoms with Gasteiger partial charge < -0.3 is 14.5 Å². The largest absolute Gasteiger partial charge is 0.452 e. The number of amides is 2. The lowest BCUT2D eigenvalue weighted by Gasteiger charge is -2.34. The number of nitrogens with zero attached hydrogens (tertiary/aromatic N) is 2. The number of carbonyl (C=O) groups excluding carboxylic acids is 3. The van der Waals surface area contributed by atoms with E-state index in [0.29, 0.717) is 31.1 Å². The van der Waals surface area contributed by atoms with Gasteiger partial charge in [-0.25, -0.2) is 13.6 Å². The summed E-state index contributed by atoms with van der Waals surface area (Å²) < 4.78 is 30.9. The first-order chi connectivity index (χ1) is 13.0. The zero-order valence-electron chi connectivity index (χ0n) is 14.2. The Morgan fingerprint density at radius 1 is 1.00 bits per heavy atom. The van der Waals surface area contributed by atoms with Crippen molar-refractivity contribution in [2.75, 3.05) is 32.8 Å². The maximum Gasteiger partial charge on any atom is 0.338 e. The van der Waals surface area contributed by atoms with Gasteiger partial charge in [0.05, 0.1) is 10.4 Å². The van der Waals surface area contributed by atoms with Crippen LogP contribution in [-0.4, -0.2) is 60.4 Å². The minimum absolute atomic E-state index is 0.0677. The third-order valence-electron chi connectivity index (χ3n) is 4.13. The molecule has 3 rings (SSSR count). The molecule has 0 saturated carbocycles. The van der Waals surface area contributed by atoms with Gasteiger partial charge in [0.2, 0.25) is 0 Å². The van der Waals surface area contributed by atoms with Gasteiger partial charge >= 0.3 is 5.97 Å². The molecular weight excluding hydrogens is 378 g/mol. The molecule has 1 saturated heterocycles. The number of rotatable bonds is 4. The Morgan fingerprint density at radius 2 is 1.70 bits per heavy atom. The summed E-state index contributed by atoms with van der Waals surface area (Å²) in [5.74, 6) is -3.62. The predicted octanol–water partition coefficient (Wildman–Crippen LogP) is 2.17. The molecule has 2 amide bonds. The van der Waals surface area contributed by atoms with Gasteiger partial charge in [-0.2, -0.15) is 0 Å². The Labute approximate surface area is 157 Å². The van der Waals surface area contributed by atoms with E-state index in [1.165, 1.54) is 16.2 Å². The molecule has 9 heteroatoms. The molecule has 1 aromatic heterocycles. The average Bonchev–Trinajstić information content (AvgIpc) is 3.22. The fraction of sp³-hybridized carbons (Fsp3) is 0.278. The van der Waals surface area contributed by atoms with Crippen LogP contribution in [0.1, 0.15) is 20.0 Å². The Morgan fingerprint density at radius 3 is 2.33 bits per heavy atom. The monoisotopic (exact) mass is 394 g/mol. The molecule has 0 unspecified atom stereocenters. The standard InChI is InChI=1S/C18H16F2N2O4S/c19-13-4-3-12(10-14(13)20)18(25)26-11-16(23)21-5-7-22(8-6-21)17(24)15-2-1-9-27-15/h1-4,9-10H,5-8,11H2. The number of ether oxygens (including phenoxy) is 1. The fourth-order valence-corrected chi connectivity index (χ4v) is 3.33. The van der Waals surface area contributed by atoms with E-state index < -0.39 is 30.1 Å². The van der Waals surface area contributed by atoms with Crippen LogP contribution >= 0.6 is 11.3 Å². The number of carbonyl (C=O) groups is 3. The van der Waals surface area contributed by atoms with Crippen LogP contribution in [0.4, 0.5) is 8.78 Å². The highest BCUT2D eigenvalue weighted by atomic mass is 32.1. The van der Waals surface area contributed by atoms with Gasteiger partial charge in [0.1, 0.15) is 0 Å². The quantitative estimate of drug-likeness (QED) is 0.746. The Hall–Kier alpha value is -2.81. The van der Waals surface area contributed by atoms with Crippen molar-refractivity contribution in [1.82, 2.24) is 9.80 Å². The predicted molar refractivity (Wildman–Crippen MR) is 93.4 cm³/mol. The lowest BCUT2D eigenvalue weighted by molar-refractivity contribution is -0.136. The third kappa shape index (κ3) is 4.48. The molecule has 2 aromatic rings. The third-order valence-corrected chi connectivity index (χ3v) is 4.99. The van der Waals surface area contributed by atoms with E-state index in [4.69, 9.17) is 4.74 Å². The summed E-state index contributed by atoms with van der Waals surface area (Å²) in [5.41, 5.74) is -0.173. The van der Waals surface area contributed by atoms with E-state index in [2.05, 4.69) is 0 Å². The van der Waals surface area contributed by atoms with Crippen molar-refractivity contribution in [2.24, 2.45) is 0 Å². The van der Waals surface area contributed by atoms with Crippen LogP contribution in [0.2, 0.25) is 0 Å². The summed E-state index contributed by atoms with van der Waals surface area (Å²) in [7, 11) is 0. The number of piperazine rings is 1. The maximum absolute atomic E-state index is 13.1. The van der Waals surface area contributed by atoms with Crippen LogP contribution in [0.3, 0.4) is 0 Å². The molecule has 0 radical (unpaired) electrons. The summed E-state index contributed by atoms with van der Waals surface area (Å²) in [6, 6.07) is 6.18. The van der Waals surface area contributed by atoms with Crippen LogP contribution in [0, 0.1) is 11.6 Å². The molecule has 1 fully saturated rings. The second kappa shape index (κ2) is 8.26. The van der Waals surface area contributed by atoms with Gasteiger partial charge in [-0.1, -0.05) is 6.07 Å². The number of esters is 1. The molecule has 2 heterocycles. The van der Waals surface area contributed by atoms with Crippen LogP contribution in [0.5, 0.6) is 0 Å². The number of halogens is 2. The topological polar surface area (TPSA) is 66.9 Å². The van der Waals surface area contributed by atoms with Crippen LogP contribution in [-0.2, 0) is 9.53 Å². The normalized spacial score (nSPS) is 14.1. The van der Waals surface area contributed by atoms with Crippen LogP contribution in [0.25, 0.3) is 0 Å². The number of thiophene rings is 1. The van der Waals surface area contributed by atoms with E-state index in [-0.39, 0.29) is 11.5 Å². The minimum Gasteiger partial charge on any atom is -0.452 e. The first-order valence-corrected chi connectivity index (χ1v) is 9.06. The van der Waals surface area contributed by atoms with E-state index in [1.807, 2.05) is 5.38 Å². The maximum atomic E-state index is 13.1. The SMILES string of the molecule is O=C(OCC(=O)N1CCN(C(=O)c2cccs2)CC1)c1ccc(F)c(F)c1. The van der Waals surface area contributed by atoms with Gasteiger partial charge in [0.15, 0.2) is 18.2 Å². The first kappa shape index (κ1) is 19.0. The molecule has 27 heavy (non-hydrogen) atoms. The second-order valence-corrected chi connectivity index (χ2v) is 6.80. The molecule has 6 nitrogen and oxygen atoms in total. The first-order valence-electron chi connectivity index (χ1n) is 8.18. The van der Waals surface area contributed by atoms with Crippen LogP contribution in [0.15, 0.2) is 35.7 Å². The van der Waals surface area contributed by atoms with Crippen molar-refractivity contribution < 1.29 is 27.9 Å². The molecule has 0 aliphatic carbocycles. The molecule has 0 spiro atoms. The fourth-order valence-electron chi connectivity index (χ4n) is 2.64. The molecule has 0 bridgehead atoms. The van der Waals surface area contributed by atoms with Crippen molar-refractivity contribution in [1.29, 1.82) is 0 Å². The Balaban J connectivity index is 1.47. The molecule has 1 aromatic carbocycles. The Kier molecular flexibility index (Phi) is 5.80. The summed E-state index contributed by atoms with van der Waals surface area (Å²) in [6.45, 7) is 0.938. The summed E-state index contributed by atoms with van der Waals surface area (Å²) in [4.78, 5) is 40.1. The Bertz CT molecular complexity index is 849. The molecule has 142 valence electrons. The summed E-state index contributed by atoms with van der Waals surface area (Å²) in [5, 5.41) is 1.83. The van der Waals surface area contributed by atoms with Crippen molar-refractivity contribution in [3.8, 4) is 0 Å². The molecule has 0 N–H and O–H groups in total. The van der Waals surface area contributed by atoms with E-state index in [0.717, 1.165) is 18.2 Å². The summed E-state index contributed by atoms with van der Waals surface area (Å²) >= 11 is 1.36. The molecule has 0 atom stereocenters. The molecule has 1 aliphatic rings.